The fourth-order valence-corrected chi connectivity index (χ4v) is 2.35. The van der Waals surface area contributed by atoms with Gasteiger partial charge in [-0.05, 0) is 7.05 Å². The summed E-state index contributed by atoms with van der Waals surface area (Å²) >= 11 is 0. The van der Waals surface area contributed by atoms with Gasteiger partial charge in [0.2, 0.25) is 0 Å². The third-order valence-corrected chi connectivity index (χ3v) is 3.86. The first-order chi connectivity index (χ1) is 9.24. The minimum absolute atomic E-state index is 0.119. The summed E-state index contributed by atoms with van der Waals surface area (Å²) in [5.74, 6) is 1.19. The van der Waals surface area contributed by atoms with Gasteiger partial charge in [-0.15, -0.1) is 0 Å². The van der Waals surface area contributed by atoms with Gasteiger partial charge in [-0.25, -0.2) is 18.4 Å². The van der Waals surface area contributed by atoms with Crippen molar-refractivity contribution >= 4 is 15.5 Å². The van der Waals surface area contributed by atoms with E-state index in [4.69, 9.17) is 0 Å². The van der Waals surface area contributed by atoms with Gasteiger partial charge in [0, 0.05) is 32.3 Å². The van der Waals surface area contributed by atoms with Crippen LogP contribution in [0.15, 0.2) is 6.20 Å². The number of hydrogen-bond donors (Lipinski definition) is 1. The fraction of sp³-hybridized carbons (Fsp3) is 0.692. The first-order valence-electron chi connectivity index (χ1n) is 6.64. The smallest absolute Gasteiger partial charge is 0.149 e. The number of nitrogens with one attached hydrogen (secondary N) is 1. The van der Waals surface area contributed by atoms with E-state index in [0.717, 1.165) is 17.2 Å². The Bertz CT molecular complexity index is 543. The molecule has 0 spiro atoms. The molecule has 6 nitrogen and oxygen atoms in total. The zero-order chi connectivity index (χ0) is 15.3. The number of sulfone groups is 1. The van der Waals surface area contributed by atoms with Crippen molar-refractivity contribution in [3.63, 3.8) is 0 Å². The molecule has 1 heterocycles. The Morgan fingerprint density at radius 2 is 2.05 bits per heavy atom. The van der Waals surface area contributed by atoms with Crippen molar-refractivity contribution < 1.29 is 8.42 Å². The highest BCUT2D eigenvalue weighted by molar-refractivity contribution is 7.90. The molecule has 0 aromatic carbocycles. The van der Waals surface area contributed by atoms with Crippen molar-refractivity contribution in [3.05, 3.63) is 17.7 Å². The molecular formula is C13H24N4O2S. The first-order valence-corrected chi connectivity index (χ1v) is 8.70. The van der Waals surface area contributed by atoms with E-state index in [0.29, 0.717) is 13.1 Å². The van der Waals surface area contributed by atoms with Crippen LogP contribution in [0.3, 0.4) is 0 Å². The van der Waals surface area contributed by atoms with E-state index in [9.17, 15) is 8.42 Å². The van der Waals surface area contributed by atoms with Gasteiger partial charge in [0.25, 0.3) is 0 Å². The normalized spacial score (nSPS) is 11.9. The summed E-state index contributed by atoms with van der Waals surface area (Å²) in [5, 5.41) is 3.08. The van der Waals surface area contributed by atoms with Gasteiger partial charge >= 0.3 is 0 Å². The van der Waals surface area contributed by atoms with Crippen LogP contribution in [0.5, 0.6) is 0 Å². The molecule has 1 N–H and O–H groups in total. The summed E-state index contributed by atoms with van der Waals surface area (Å²) in [6.45, 7) is 5.15. The maximum absolute atomic E-state index is 11.3. The molecule has 1 rings (SSSR count). The van der Waals surface area contributed by atoms with Crippen LogP contribution in [-0.2, 0) is 16.4 Å². The molecule has 7 heteroatoms. The van der Waals surface area contributed by atoms with E-state index in [1.807, 2.05) is 32.8 Å². The molecule has 114 valence electrons. The third-order valence-electron chi connectivity index (χ3n) is 2.93. The molecule has 0 fully saturated rings. The highest BCUT2D eigenvalue weighted by Crippen LogP contribution is 2.19. The molecule has 0 aliphatic rings. The molecule has 0 radical (unpaired) electrons. The summed E-state index contributed by atoms with van der Waals surface area (Å²) in [7, 11) is 0.746. The van der Waals surface area contributed by atoms with Crippen LogP contribution < -0.4 is 10.2 Å². The van der Waals surface area contributed by atoms with Crippen LogP contribution in [0.4, 0.5) is 5.69 Å². The van der Waals surface area contributed by atoms with Crippen LogP contribution in [0.1, 0.15) is 31.3 Å². The van der Waals surface area contributed by atoms with Crippen molar-refractivity contribution in [3.8, 4) is 0 Å². The molecule has 0 amide bonds. The summed E-state index contributed by atoms with van der Waals surface area (Å²) in [6.07, 6.45) is 3.02. The van der Waals surface area contributed by atoms with Crippen molar-refractivity contribution in [2.24, 2.45) is 0 Å². The Kier molecular flexibility index (Phi) is 5.88. The molecule has 0 aliphatic carbocycles. The van der Waals surface area contributed by atoms with E-state index in [1.165, 1.54) is 6.26 Å². The zero-order valence-corrected chi connectivity index (χ0v) is 13.7. The molecule has 1 aromatic heterocycles. The Morgan fingerprint density at radius 3 is 2.55 bits per heavy atom. The maximum Gasteiger partial charge on any atom is 0.149 e. The van der Waals surface area contributed by atoms with E-state index in [1.54, 1.807) is 6.20 Å². The SMILES string of the molecule is CNCc1nc(C(C)C)ncc1N(C)CCS(C)(=O)=O. The molecule has 0 saturated heterocycles. The topological polar surface area (TPSA) is 75.2 Å². The van der Waals surface area contributed by atoms with Crippen LogP contribution in [0, 0.1) is 0 Å². The lowest BCUT2D eigenvalue weighted by Gasteiger charge is -2.22. The Labute approximate surface area is 121 Å². The third kappa shape index (κ3) is 5.05. The lowest BCUT2D eigenvalue weighted by Crippen LogP contribution is -2.27. The Morgan fingerprint density at radius 1 is 1.40 bits per heavy atom. The summed E-state index contributed by atoms with van der Waals surface area (Å²) < 4.78 is 22.5. The van der Waals surface area contributed by atoms with E-state index in [-0.39, 0.29) is 11.7 Å². The minimum Gasteiger partial charge on any atom is -0.371 e. The average Bonchev–Trinajstić information content (AvgIpc) is 2.35. The van der Waals surface area contributed by atoms with E-state index < -0.39 is 9.84 Å². The summed E-state index contributed by atoms with van der Waals surface area (Å²) in [4.78, 5) is 10.8. The van der Waals surface area contributed by atoms with Crippen molar-refractivity contribution in [1.82, 2.24) is 15.3 Å². The number of anilines is 1. The monoisotopic (exact) mass is 300 g/mol. The second-order valence-corrected chi connectivity index (χ2v) is 7.56. The number of rotatable bonds is 7. The van der Waals surface area contributed by atoms with Gasteiger partial charge in [0.05, 0.1) is 23.3 Å². The van der Waals surface area contributed by atoms with Crippen LogP contribution in [-0.4, -0.2) is 51.0 Å². The fourth-order valence-electron chi connectivity index (χ4n) is 1.74. The lowest BCUT2D eigenvalue weighted by molar-refractivity contribution is 0.601. The predicted octanol–water partition coefficient (Wildman–Crippen LogP) is 0.800. The van der Waals surface area contributed by atoms with Gasteiger partial charge in [0.1, 0.15) is 15.7 Å². The van der Waals surface area contributed by atoms with Gasteiger partial charge in [-0.2, -0.15) is 0 Å². The van der Waals surface area contributed by atoms with Crippen molar-refractivity contribution in [1.29, 1.82) is 0 Å². The molecule has 1 aromatic rings. The number of hydrogen-bond acceptors (Lipinski definition) is 6. The largest absolute Gasteiger partial charge is 0.371 e. The molecule has 20 heavy (non-hydrogen) atoms. The Hall–Kier alpha value is -1.21. The van der Waals surface area contributed by atoms with Gasteiger partial charge in [0.15, 0.2) is 0 Å². The van der Waals surface area contributed by atoms with E-state index in [2.05, 4.69) is 15.3 Å². The lowest BCUT2D eigenvalue weighted by atomic mass is 10.2. The molecule has 0 saturated carbocycles. The molecular weight excluding hydrogens is 276 g/mol. The second kappa shape index (κ2) is 6.99. The van der Waals surface area contributed by atoms with Crippen LogP contribution in [0.2, 0.25) is 0 Å². The summed E-state index contributed by atoms with van der Waals surface area (Å²) in [5.41, 5.74) is 1.76. The van der Waals surface area contributed by atoms with Crippen molar-refractivity contribution in [2.75, 3.05) is 37.5 Å². The van der Waals surface area contributed by atoms with E-state index >= 15 is 0 Å². The second-order valence-electron chi connectivity index (χ2n) is 5.30. The quantitative estimate of drug-likeness (QED) is 0.803. The summed E-state index contributed by atoms with van der Waals surface area (Å²) in [6, 6.07) is 0. The highest BCUT2D eigenvalue weighted by Gasteiger charge is 2.14. The molecule has 0 bridgehead atoms. The molecule has 0 unspecified atom stereocenters. The van der Waals surface area contributed by atoms with Gasteiger partial charge in [-0.1, -0.05) is 13.8 Å². The van der Waals surface area contributed by atoms with Crippen LogP contribution in [0.25, 0.3) is 0 Å². The molecule has 0 atom stereocenters. The minimum atomic E-state index is -2.97. The van der Waals surface area contributed by atoms with Crippen molar-refractivity contribution in [2.45, 2.75) is 26.3 Å². The highest BCUT2D eigenvalue weighted by atomic mass is 32.2. The Balaban J connectivity index is 2.97. The number of aromatic nitrogens is 2. The van der Waals surface area contributed by atoms with Crippen LogP contribution >= 0.6 is 0 Å². The van der Waals surface area contributed by atoms with Gasteiger partial charge in [-0.3, -0.25) is 0 Å². The number of nitrogens with zero attached hydrogens (tertiary/aromatic N) is 3. The first kappa shape index (κ1) is 16.8. The standard InChI is InChI=1S/C13H24N4O2S/c1-10(2)13-15-9-12(11(16-13)8-14-3)17(4)6-7-20(5,18)19/h9-10,14H,6-8H2,1-5H3. The van der Waals surface area contributed by atoms with Gasteiger partial charge < -0.3 is 10.2 Å². The predicted molar refractivity (Wildman–Crippen MR) is 81.9 cm³/mol. The zero-order valence-electron chi connectivity index (χ0n) is 12.8. The average molecular weight is 300 g/mol. The maximum atomic E-state index is 11.3. The molecule has 0 aliphatic heterocycles.